The molecule has 5 nitrogen and oxygen atoms in total. The number of aliphatic hydroxyl groups is 1. The summed E-state index contributed by atoms with van der Waals surface area (Å²) in [5, 5.41) is 17.7. The van der Waals surface area contributed by atoms with E-state index in [1.807, 2.05) is 25.1 Å². The standard InChI is InChI=1S/C19H24ClN3O2/c1-13-15(11-21-23(13)18-10-6-5-8-16(18)20)19(25)22-17-9-4-2-3-7-14(17)12-24/h5-6,8,10-11,14,17,24H,2-4,7,9,12H2,1H3,(H,22,25)/t14-,17-/m0/s1. The Morgan fingerprint density at radius 3 is 2.84 bits per heavy atom. The number of hydrogen-bond acceptors (Lipinski definition) is 3. The Balaban J connectivity index is 1.80. The lowest BCUT2D eigenvalue weighted by atomic mass is 9.95. The van der Waals surface area contributed by atoms with Crippen molar-refractivity contribution in [1.29, 1.82) is 0 Å². The van der Waals surface area contributed by atoms with E-state index < -0.39 is 0 Å². The summed E-state index contributed by atoms with van der Waals surface area (Å²) >= 11 is 6.24. The van der Waals surface area contributed by atoms with E-state index in [9.17, 15) is 9.90 Å². The molecule has 1 aromatic heterocycles. The summed E-state index contributed by atoms with van der Waals surface area (Å²) in [5.41, 5.74) is 2.05. The molecule has 1 fully saturated rings. The van der Waals surface area contributed by atoms with Gasteiger partial charge in [-0.15, -0.1) is 0 Å². The van der Waals surface area contributed by atoms with Gasteiger partial charge in [-0.05, 0) is 31.9 Å². The summed E-state index contributed by atoms with van der Waals surface area (Å²) in [7, 11) is 0. The SMILES string of the molecule is Cc1c(C(=O)N[C@H]2CCCCC[C@H]2CO)cnn1-c1ccccc1Cl. The van der Waals surface area contributed by atoms with Crippen LogP contribution in [0.5, 0.6) is 0 Å². The molecule has 0 unspecified atom stereocenters. The van der Waals surface area contributed by atoms with Gasteiger partial charge in [-0.1, -0.05) is 43.0 Å². The van der Waals surface area contributed by atoms with Crippen molar-refractivity contribution in [2.24, 2.45) is 5.92 Å². The zero-order valence-corrected chi connectivity index (χ0v) is 15.2. The first-order valence-corrected chi connectivity index (χ1v) is 9.21. The van der Waals surface area contributed by atoms with Crippen molar-refractivity contribution >= 4 is 17.5 Å². The van der Waals surface area contributed by atoms with Gasteiger partial charge in [-0.2, -0.15) is 5.10 Å². The molecule has 0 spiro atoms. The molecule has 1 aromatic carbocycles. The molecule has 1 aliphatic carbocycles. The van der Waals surface area contributed by atoms with Crippen LogP contribution in [0.15, 0.2) is 30.5 Å². The van der Waals surface area contributed by atoms with Gasteiger partial charge in [0.15, 0.2) is 0 Å². The number of aromatic nitrogens is 2. The molecule has 0 aliphatic heterocycles. The van der Waals surface area contributed by atoms with Crippen LogP contribution in [-0.4, -0.2) is 33.4 Å². The van der Waals surface area contributed by atoms with E-state index in [-0.39, 0.29) is 24.5 Å². The van der Waals surface area contributed by atoms with Crippen LogP contribution < -0.4 is 5.32 Å². The van der Waals surface area contributed by atoms with Crippen molar-refractivity contribution in [2.75, 3.05) is 6.61 Å². The van der Waals surface area contributed by atoms with Gasteiger partial charge >= 0.3 is 0 Å². The number of carbonyl (C=O) groups excluding carboxylic acids is 1. The van der Waals surface area contributed by atoms with Crippen LogP contribution in [-0.2, 0) is 0 Å². The zero-order valence-electron chi connectivity index (χ0n) is 14.4. The number of nitrogens with zero attached hydrogens (tertiary/aromatic N) is 2. The fourth-order valence-corrected chi connectivity index (χ4v) is 3.75. The summed E-state index contributed by atoms with van der Waals surface area (Å²) in [6.45, 7) is 1.98. The van der Waals surface area contributed by atoms with E-state index in [2.05, 4.69) is 10.4 Å². The van der Waals surface area contributed by atoms with Gasteiger partial charge in [-0.3, -0.25) is 4.79 Å². The number of rotatable bonds is 4. The highest BCUT2D eigenvalue weighted by atomic mass is 35.5. The molecule has 1 aliphatic rings. The zero-order chi connectivity index (χ0) is 17.8. The van der Waals surface area contributed by atoms with Crippen molar-refractivity contribution in [1.82, 2.24) is 15.1 Å². The molecule has 3 rings (SSSR count). The lowest BCUT2D eigenvalue weighted by Crippen LogP contribution is -2.41. The molecule has 0 saturated heterocycles. The molecule has 6 heteroatoms. The third kappa shape index (κ3) is 3.88. The van der Waals surface area contributed by atoms with Gasteiger partial charge in [0.1, 0.15) is 0 Å². The maximum atomic E-state index is 12.8. The summed E-state index contributed by atoms with van der Waals surface area (Å²) in [6, 6.07) is 7.44. The maximum Gasteiger partial charge on any atom is 0.254 e. The normalized spacial score (nSPS) is 20.9. The molecule has 2 N–H and O–H groups in total. The van der Waals surface area contributed by atoms with Gasteiger partial charge in [0.05, 0.1) is 28.2 Å². The predicted octanol–water partition coefficient (Wildman–Crippen LogP) is 3.51. The van der Waals surface area contributed by atoms with Gasteiger partial charge in [0, 0.05) is 18.6 Å². The number of halogens is 1. The first-order chi connectivity index (χ1) is 12.1. The van der Waals surface area contributed by atoms with Crippen LogP contribution in [0.3, 0.4) is 0 Å². The largest absolute Gasteiger partial charge is 0.396 e. The van der Waals surface area contributed by atoms with Crippen LogP contribution >= 0.6 is 11.6 Å². The number of amides is 1. The van der Waals surface area contributed by atoms with E-state index >= 15 is 0 Å². The summed E-state index contributed by atoms with van der Waals surface area (Å²) in [5.74, 6) is -0.00785. The molecule has 1 saturated carbocycles. The number of para-hydroxylation sites is 1. The number of benzene rings is 1. The van der Waals surface area contributed by atoms with Crippen LogP contribution in [0.4, 0.5) is 0 Å². The minimum Gasteiger partial charge on any atom is -0.396 e. The second-order valence-electron chi connectivity index (χ2n) is 6.67. The minimum absolute atomic E-state index is 0.0167. The average Bonchev–Trinajstić information content (AvgIpc) is 2.85. The molecule has 25 heavy (non-hydrogen) atoms. The van der Waals surface area contributed by atoms with Crippen molar-refractivity contribution in [2.45, 2.75) is 45.1 Å². The number of hydrogen-bond donors (Lipinski definition) is 2. The van der Waals surface area contributed by atoms with Gasteiger partial charge in [-0.25, -0.2) is 4.68 Å². The van der Waals surface area contributed by atoms with Crippen molar-refractivity contribution < 1.29 is 9.90 Å². The Labute approximate surface area is 153 Å². The van der Waals surface area contributed by atoms with Crippen molar-refractivity contribution in [3.63, 3.8) is 0 Å². The highest BCUT2D eigenvalue weighted by molar-refractivity contribution is 6.32. The summed E-state index contributed by atoms with van der Waals surface area (Å²) < 4.78 is 1.69. The van der Waals surface area contributed by atoms with E-state index in [0.29, 0.717) is 10.6 Å². The number of aliphatic hydroxyl groups excluding tert-OH is 1. The molecule has 0 bridgehead atoms. The summed E-state index contributed by atoms with van der Waals surface area (Å²) in [4.78, 5) is 12.8. The van der Waals surface area contributed by atoms with Crippen LogP contribution in [0.2, 0.25) is 5.02 Å². The predicted molar refractivity (Wildman–Crippen MR) is 98.2 cm³/mol. The molecule has 2 atom stereocenters. The van der Waals surface area contributed by atoms with Crippen LogP contribution in [0, 0.1) is 12.8 Å². The topological polar surface area (TPSA) is 67.2 Å². The Kier molecular flexibility index (Phi) is 5.76. The second kappa shape index (κ2) is 8.02. The molecular weight excluding hydrogens is 338 g/mol. The third-order valence-corrected chi connectivity index (χ3v) is 5.36. The number of nitrogens with one attached hydrogen (secondary N) is 1. The molecule has 1 heterocycles. The molecule has 0 radical (unpaired) electrons. The first-order valence-electron chi connectivity index (χ1n) is 8.83. The third-order valence-electron chi connectivity index (χ3n) is 5.05. The quantitative estimate of drug-likeness (QED) is 0.819. The van der Waals surface area contributed by atoms with E-state index in [0.717, 1.165) is 43.5 Å². The van der Waals surface area contributed by atoms with Crippen molar-refractivity contribution in [3.05, 3.63) is 46.7 Å². The minimum atomic E-state index is -0.138. The Morgan fingerprint density at radius 1 is 1.32 bits per heavy atom. The van der Waals surface area contributed by atoms with Gasteiger partial charge < -0.3 is 10.4 Å². The molecule has 2 aromatic rings. The van der Waals surface area contributed by atoms with Crippen LogP contribution in [0.1, 0.15) is 48.2 Å². The lowest BCUT2D eigenvalue weighted by Gasteiger charge is -2.24. The Hall–Kier alpha value is -1.85. The number of carbonyl (C=O) groups is 1. The maximum absolute atomic E-state index is 12.8. The Morgan fingerprint density at radius 2 is 2.08 bits per heavy atom. The molecular formula is C19H24ClN3O2. The fourth-order valence-electron chi connectivity index (χ4n) is 3.54. The van der Waals surface area contributed by atoms with Crippen molar-refractivity contribution in [3.8, 4) is 5.69 Å². The first kappa shape index (κ1) is 18.0. The Bertz CT molecular complexity index is 744. The van der Waals surface area contributed by atoms with E-state index in [1.54, 1.807) is 16.9 Å². The monoisotopic (exact) mass is 361 g/mol. The smallest absolute Gasteiger partial charge is 0.254 e. The summed E-state index contributed by atoms with van der Waals surface area (Å²) in [6.07, 6.45) is 6.80. The fraction of sp³-hybridized carbons (Fsp3) is 0.474. The second-order valence-corrected chi connectivity index (χ2v) is 7.07. The lowest BCUT2D eigenvalue weighted by molar-refractivity contribution is 0.0899. The van der Waals surface area contributed by atoms with E-state index in [4.69, 9.17) is 11.6 Å². The van der Waals surface area contributed by atoms with Gasteiger partial charge in [0.25, 0.3) is 5.91 Å². The van der Waals surface area contributed by atoms with Crippen LogP contribution in [0.25, 0.3) is 5.69 Å². The van der Waals surface area contributed by atoms with E-state index in [1.165, 1.54) is 0 Å². The molecule has 134 valence electrons. The highest BCUT2D eigenvalue weighted by Crippen LogP contribution is 2.25. The van der Waals surface area contributed by atoms with Gasteiger partial charge in [0.2, 0.25) is 0 Å². The highest BCUT2D eigenvalue weighted by Gasteiger charge is 2.26. The average molecular weight is 362 g/mol. The molecule has 1 amide bonds.